The van der Waals surface area contributed by atoms with E-state index in [0.29, 0.717) is 6.42 Å². The number of carbonyl (C=O) groups is 1. The van der Waals surface area contributed by atoms with Crippen LogP contribution in [0.1, 0.15) is 4.88 Å². The second-order valence-electron chi connectivity index (χ2n) is 3.42. The Hall–Kier alpha value is -1.68. The molecule has 4 heteroatoms. The van der Waals surface area contributed by atoms with E-state index in [2.05, 4.69) is 4.98 Å². The third kappa shape index (κ3) is 2.46. The molecular weight excluding hydrogens is 220 g/mol. The lowest BCUT2D eigenvalue weighted by Crippen LogP contribution is -2.27. The molecule has 16 heavy (non-hydrogen) atoms. The molecule has 2 aromatic rings. The molecule has 0 bridgehead atoms. The molecule has 0 unspecified atom stereocenters. The van der Waals surface area contributed by atoms with Crippen molar-refractivity contribution in [3.8, 4) is 0 Å². The normalized spacial score (nSPS) is 10.1. The lowest BCUT2D eigenvalue weighted by Gasteiger charge is -2.16. The number of hydrogen-bond donors (Lipinski definition) is 0. The zero-order chi connectivity index (χ0) is 11.4. The van der Waals surface area contributed by atoms with Gasteiger partial charge >= 0.3 is 0 Å². The first-order valence-corrected chi connectivity index (χ1v) is 5.84. The van der Waals surface area contributed by atoms with Crippen LogP contribution in [0.2, 0.25) is 0 Å². The number of rotatable bonds is 3. The Labute approximate surface area is 98.4 Å². The number of likely N-dealkylation sites (N-methyl/N-ethyl adjacent to an activating group) is 1. The van der Waals surface area contributed by atoms with E-state index in [1.807, 2.05) is 29.6 Å². The van der Waals surface area contributed by atoms with Gasteiger partial charge in [-0.2, -0.15) is 0 Å². The van der Waals surface area contributed by atoms with E-state index in [4.69, 9.17) is 0 Å². The molecule has 0 radical (unpaired) electrons. The molecule has 1 amide bonds. The Morgan fingerprint density at radius 2 is 2.31 bits per heavy atom. The fourth-order valence-corrected chi connectivity index (χ4v) is 2.07. The fraction of sp³-hybridized carbons (Fsp3) is 0.167. The Bertz CT molecular complexity index is 453. The van der Waals surface area contributed by atoms with Gasteiger partial charge < -0.3 is 4.90 Å². The number of aromatic nitrogens is 1. The smallest absolute Gasteiger partial charge is 0.232 e. The van der Waals surface area contributed by atoms with Crippen LogP contribution < -0.4 is 4.90 Å². The molecule has 2 rings (SSSR count). The third-order valence-electron chi connectivity index (χ3n) is 2.31. The number of carbonyl (C=O) groups excluding carboxylic acids is 1. The summed E-state index contributed by atoms with van der Waals surface area (Å²) >= 11 is 1.60. The van der Waals surface area contributed by atoms with Gasteiger partial charge in [0.2, 0.25) is 5.91 Å². The largest absolute Gasteiger partial charge is 0.314 e. The Balaban J connectivity index is 2.05. The van der Waals surface area contributed by atoms with Crippen LogP contribution in [0, 0.1) is 0 Å². The van der Waals surface area contributed by atoms with Gasteiger partial charge in [0.1, 0.15) is 0 Å². The molecule has 0 saturated carbocycles. The molecule has 2 heterocycles. The Kier molecular flexibility index (Phi) is 3.31. The molecule has 0 fully saturated rings. The van der Waals surface area contributed by atoms with E-state index in [1.54, 1.807) is 35.7 Å². The third-order valence-corrected chi connectivity index (χ3v) is 3.19. The topological polar surface area (TPSA) is 33.2 Å². The Morgan fingerprint density at radius 3 is 2.94 bits per heavy atom. The van der Waals surface area contributed by atoms with Crippen molar-refractivity contribution in [2.24, 2.45) is 0 Å². The summed E-state index contributed by atoms with van der Waals surface area (Å²) in [6, 6.07) is 7.63. The summed E-state index contributed by atoms with van der Waals surface area (Å²) in [7, 11) is 1.77. The van der Waals surface area contributed by atoms with Gasteiger partial charge in [-0.25, -0.2) is 0 Å². The van der Waals surface area contributed by atoms with Crippen molar-refractivity contribution in [2.45, 2.75) is 6.42 Å². The first kappa shape index (κ1) is 10.8. The van der Waals surface area contributed by atoms with E-state index in [0.717, 1.165) is 10.6 Å². The molecule has 0 aliphatic rings. The monoisotopic (exact) mass is 232 g/mol. The molecule has 2 aromatic heterocycles. The predicted octanol–water partition coefficient (Wildman–Crippen LogP) is 2.35. The number of pyridine rings is 1. The number of nitrogens with zero attached hydrogens (tertiary/aromatic N) is 2. The lowest BCUT2D eigenvalue weighted by molar-refractivity contribution is -0.117. The van der Waals surface area contributed by atoms with E-state index in [9.17, 15) is 4.79 Å². The molecule has 82 valence electrons. The average molecular weight is 232 g/mol. The van der Waals surface area contributed by atoms with E-state index in [1.165, 1.54) is 0 Å². The molecule has 0 saturated heterocycles. The van der Waals surface area contributed by atoms with Gasteiger partial charge in [-0.1, -0.05) is 6.07 Å². The van der Waals surface area contributed by atoms with Crippen LogP contribution in [0.4, 0.5) is 5.69 Å². The number of hydrogen-bond acceptors (Lipinski definition) is 3. The van der Waals surface area contributed by atoms with E-state index >= 15 is 0 Å². The van der Waals surface area contributed by atoms with Crippen LogP contribution in [0.3, 0.4) is 0 Å². The number of amides is 1. The maximum absolute atomic E-state index is 11.9. The lowest BCUT2D eigenvalue weighted by atomic mass is 10.3. The molecule has 0 aromatic carbocycles. The first-order valence-electron chi connectivity index (χ1n) is 4.96. The molecule has 0 atom stereocenters. The summed E-state index contributed by atoms with van der Waals surface area (Å²) in [5.74, 6) is 0.0791. The molecule has 0 aliphatic heterocycles. The quantitative estimate of drug-likeness (QED) is 0.814. The summed E-state index contributed by atoms with van der Waals surface area (Å²) in [5.41, 5.74) is 0.823. The van der Waals surface area contributed by atoms with Gasteiger partial charge in [0, 0.05) is 18.1 Å². The minimum Gasteiger partial charge on any atom is -0.314 e. The Morgan fingerprint density at radius 1 is 1.44 bits per heavy atom. The van der Waals surface area contributed by atoms with Gasteiger partial charge in [-0.05, 0) is 23.6 Å². The molecule has 3 nitrogen and oxygen atoms in total. The van der Waals surface area contributed by atoms with Crippen molar-refractivity contribution in [3.05, 3.63) is 46.9 Å². The van der Waals surface area contributed by atoms with Crippen LogP contribution in [0.15, 0.2) is 42.0 Å². The van der Waals surface area contributed by atoms with Crippen LogP contribution in [0.5, 0.6) is 0 Å². The second kappa shape index (κ2) is 4.90. The van der Waals surface area contributed by atoms with Gasteiger partial charge in [-0.3, -0.25) is 9.78 Å². The molecule has 0 N–H and O–H groups in total. The molecule has 0 spiro atoms. The highest BCUT2D eigenvalue weighted by atomic mass is 32.1. The van der Waals surface area contributed by atoms with E-state index in [-0.39, 0.29) is 5.91 Å². The molecule has 0 aliphatic carbocycles. The fourth-order valence-electron chi connectivity index (χ4n) is 1.38. The van der Waals surface area contributed by atoms with Crippen molar-refractivity contribution < 1.29 is 4.79 Å². The van der Waals surface area contributed by atoms with Crippen molar-refractivity contribution in [2.75, 3.05) is 11.9 Å². The van der Waals surface area contributed by atoms with Gasteiger partial charge in [0.05, 0.1) is 18.3 Å². The second-order valence-corrected chi connectivity index (χ2v) is 4.45. The average Bonchev–Trinajstić information content (AvgIpc) is 2.82. The highest BCUT2D eigenvalue weighted by Gasteiger charge is 2.11. The summed E-state index contributed by atoms with van der Waals surface area (Å²) < 4.78 is 0. The zero-order valence-corrected chi connectivity index (χ0v) is 9.78. The SMILES string of the molecule is CN(C(=O)Cc1cccs1)c1cccnc1. The minimum atomic E-state index is 0.0791. The number of anilines is 1. The van der Waals surface area contributed by atoms with E-state index < -0.39 is 0 Å². The van der Waals surface area contributed by atoms with Gasteiger partial charge in [-0.15, -0.1) is 11.3 Å². The van der Waals surface area contributed by atoms with Crippen LogP contribution in [-0.2, 0) is 11.2 Å². The predicted molar refractivity (Wildman–Crippen MR) is 65.7 cm³/mol. The van der Waals surface area contributed by atoms with Crippen molar-refractivity contribution in [1.29, 1.82) is 0 Å². The number of thiophene rings is 1. The minimum absolute atomic E-state index is 0.0791. The zero-order valence-electron chi connectivity index (χ0n) is 8.96. The summed E-state index contributed by atoms with van der Waals surface area (Å²) in [4.78, 5) is 18.6. The van der Waals surface area contributed by atoms with Crippen LogP contribution >= 0.6 is 11.3 Å². The standard InChI is InChI=1S/C12H12N2OS/c1-14(10-4-2-6-13-9-10)12(15)8-11-5-3-7-16-11/h2-7,9H,8H2,1H3. The maximum Gasteiger partial charge on any atom is 0.232 e. The summed E-state index contributed by atoms with van der Waals surface area (Å²) in [6.45, 7) is 0. The van der Waals surface area contributed by atoms with Gasteiger partial charge in [0.25, 0.3) is 0 Å². The summed E-state index contributed by atoms with van der Waals surface area (Å²) in [6.07, 6.45) is 3.83. The van der Waals surface area contributed by atoms with Crippen molar-refractivity contribution in [1.82, 2.24) is 4.98 Å². The highest BCUT2D eigenvalue weighted by molar-refractivity contribution is 7.10. The first-order chi connectivity index (χ1) is 7.77. The van der Waals surface area contributed by atoms with Gasteiger partial charge in [0.15, 0.2) is 0 Å². The van der Waals surface area contributed by atoms with Crippen LogP contribution in [0.25, 0.3) is 0 Å². The van der Waals surface area contributed by atoms with Crippen molar-refractivity contribution in [3.63, 3.8) is 0 Å². The maximum atomic E-state index is 11.9. The highest BCUT2D eigenvalue weighted by Crippen LogP contribution is 2.14. The summed E-state index contributed by atoms with van der Waals surface area (Å²) in [5, 5.41) is 1.98. The van der Waals surface area contributed by atoms with Crippen LogP contribution in [-0.4, -0.2) is 17.9 Å². The van der Waals surface area contributed by atoms with Crippen molar-refractivity contribution >= 4 is 22.9 Å². The molecular formula is C12H12N2OS.